The quantitative estimate of drug-likeness (QED) is 0.453. The van der Waals surface area contributed by atoms with Crippen molar-refractivity contribution in [2.24, 2.45) is 5.84 Å². The standard InChI is InChI=1S/C12H25N7O/c1-5-9(8-20-4)14-10-15-11(18-13)17-12(16-10)19(6-2)7-3/h9H,5-8,13H2,1-4H3,(H2,14,15,16,17,18). The Labute approximate surface area is 120 Å². The average molecular weight is 283 g/mol. The molecule has 1 rings (SSSR count). The molecular formula is C12H25N7O. The number of ether oxygens (including phenoxy) is 1. The second-order valence-electron chi connectivity index (χ2n) is 4.30. The van der Waals surface area contributed by atoms with E-state index >= 15 is 0 Å². The molecule has 1 aromatic heterocycles. The van der Waals surface area contributed by atoms with E-state index in [1.54, 1.807) is 7.11 Å². The monoisotopic (exact) mass is 283 g/mol. The zero-order chi connectivity index (χ0) is 15.0. The maximum absolute atomic E-state index is 5.42. The van der Waals surface area contributed by atoms with Crippen LogP contribution in [0.2, 0.25) is 0 Å². The van der Waals surface area contributed by atoms with Crippen LogP contribution in [-0.2, 0) is 4.74 Å². The lowest BCUT2D eigenvalue weighted by Gasteiger charge is -2.21. The molecule has 0 amide bonds. The zero-order valence-corrected chi connectivity index (χ0v) is 12.7. The van der Waals surface area contributed by atoms with Crippen LogP contribution in [0.3, 0.4) is 0 Å². The topological polar surface area (TPSA) is 101 Å². The van der Waals surface area contributed by atoms with E-state index in [9.17, 15) is 0 Å². The summed E-state index contributed by atoms with van der Waals surface area (Å²) in [7, 11) is 1.67. The van der Waals surface area contributed by atoms with Crippen LogP contribution in [0.5, 0.6) is 0 Å². The van der Waals surface area contributed by atoms with Gasteiger partial charge < -0.3 is 15.0 Å². The first-order valence-corrected chi connectivity index (χ1v) is 6.91. The fourth-order valence-corrected chi connectivity index (χ4v) is 1.79. The summed E-state index contributed by atoms with van der Waals surface area (Å²) in [6.07, 6.45) is 0.908. The van der Waals surface area contributed by atoms with Gasteiger partial charge in [-0.15, -0.1) is 0 Å². The van der Waals surface area contributed by atoms with Gasteiger partial charge in [0.15, 0.2) is 0 Å². The molecule has 0 aromatic carbocycles. The molecule has 0 aliphatic heterocycles. The first-order valence-electron chi connectivity index (χ1n) is 6.91. The summed E-state index contributed by atoms with van der Waals surface area (Å²) in [4.78, 5) is 15.0. The van der Waals surface area contributed by atoms with Crippen LogP contribution >= 0.6 is 0 Å². The van der Waals surface area contributed by atoms with Gasteiger partial charge in [-0.2, -0.15) is 15.0 Å². The lowest BCUT2D eigenvalue weighted by atomic mass is 10.2. The SMILES string of the molecule is CCC(COC)Nc1nc(NN)nc(N(CC)CC)n1. The van der Waals surface area contributed by atoms with Gasteiger partial charge in [-0.1, -0.05) is 6.92 Å². The minimum absolute atomic E-state index is 0.151. The third-order valence-electron chi connectivity index (χ3n) is 2.99. The third-order valence-corrected chi connectivity index (χ3v) is 2.99. The molecule has 1 unspecified atom stereocenters. The number of hydrogen-bond donors (Lipinski definition) is 3. The van der Waals surface area contributed by atoms with E-state index in [4.69, 9.17) is 10.6 Å². The highest BCUT2D eigenvalue weighted by molar-refractivity contribution is 5.43. The van der Waals surface area contributed by atoms with Gasteiger partial charge in [0.2, 0.25) is 17.8 Å². The Morgan fingerprint density at radius 1 is 1.15 bits per heavy atom. The molecule has 0 aliphatic rings. The predicted molar refractivity (Wildman–Crippen MR) is 80.8 cm³/mol. The van der Waals surface area contributed by atoms with Gasteiger partial charge >= 0.3 is 0 Å². The highest BCUT2D eigenvalue weighted by atomic mass is 16.5. The van der Waals surface area contributed by atoms with E-state index in [0.29, 0.717) is 24.5 Å². The molecule has 0 bridgehead atoms. The molecule has 8 heteroatoms. The van der Waals surface area contributed by atoms with Crippen LogP contribution in [0.25, 0.3) is 0 Å². The van der Waals surface area contributed by atoms with Crippen molar-refractivity contribution in [2.75, 3.05) is 42.4 Å². The largest absolute Gasteiger partial charge is 0.383 e. The number of hydrazine groups is 1. The normalized spacial score (nSPS) is 12.1. The van der Waals surface area contributed by atoms with E-state index in [-0.39, 0.29) is 6.04 Å². The van der Waals surface area contributed by atoms with Crippen LogP contribution in [0.15, 0.2) is 0 Å². The molecule has 0 radical (unpaired) electrons. The molecule has 20 heavy (non-hydrogen) atoms. The Kier molecular flexibility index (Phi) is 6.96. The van der Waals surface area contributed by atoms with Crippen molar-refractivity contribution >= 4 is 17.8 Å². The molecule has 0 spiro atoms. The molecule has 1 heterocycles. The summed E-state index contributed by atoms with van der Waals surface area (Å²) in [6.45, 7) is 8.41. The molecule has 8 nitrogen and oxygen atoms in total. The first kappa shape index (κ1) is 16.4. The molecule has 0 saturated heterocycles. The zero-order valence-electron chi connectivity index (χ0n) is 12.7. The van der Waals surface area contributed by atoms with Crippen LogP contribution in [0.1, 0.15) is 27.2 Å². The lowest BCUT2D eigenvalue weighted by molar-refractivity contribution is 0.184. The predicted octanol–water partition coefficient (Wildman–Crippen LogP) is 0.840. The van der Waals surface area contributed by atoms with E-state index in [1.165, 1.54) is 0 Å². The Bertz CT molecular complexity index is 397. The Morgan fingerprint density at radius 2 is 1.80 bits per heavy atom. The molecule has 4 N–H and O–H groups in total. The number of aromatic nitrogens is 3. The Balaban J connectivity index is 2.97. The van der Waals surface area contributed by atoms with Crippen LogP contribution in [0, 0.1) is 0 Å². The number of nitrogens with zero attached hydrogens (tertiary/aromatic N) is 4. The van der Waals surface area contributed by atoms with Crippen molar-refractivity contribution in [1.82, 2.24) is 15.0 Å². The molecule has 1 aromatic rings. The molecule has 0 aliphatic carbocycles. The highest BCUT2D eigenvalue weighted by Crippen LogP contribution is 2.14. The number of nitrogens with two attached hydrogens (primary N) is 1. The summed E-state index contributed by atoms with van der Waals surface area (Å²) < 4.78 is 5.16. The molecule has 0 saturated carbocycles. The number of nitrogens with one attached hydrogen (secondary N) is 2. The minimum atomic E-state index is 0.151. The van der Waals surface area contributed by atoms with Crippen molar-refractivity contribution in [2.45, 2.75) is 33.2 Å². The van der Waals surface area contributed by atoms with E-state index in [2.05, 4.69) is 46.5 Å². The van der Waals surface area contributed by atoms with Crippen molar-refractivity contribution < 1.29 is 4.74 Å². The van der Waals surface area contributed by atoms with Crippen molar-refractivity contribution in [3.8, 4) is 0 Å². The summed E-state index contributed by atoms with van der Waals surface area (Å²) in [6, 6.07) is 0.151. The lowest BCUT2D eigenvalue weighted by Crippen LogP contribution is -2.29. The van der Waals surface area contributed by atoms with E-state index < -0.39 is 0 Å². The van der Waals surface area contributed by atoms with Crippen LogP contribution < -0.4 is 21.5 Å². The maximum atomic E-state index is 5.42. The fourth-order valence-electron chi connectivity index (χ4n) is 1.79. The van der Waals surface area contributed by atoms with Crippen LogP contribution in [-0.4, -0.2) is 47.8 Å². The van der Waals surface area contributed by atoms with Crippen molar-refractivity contribution in [1.29, 1.82) is 0 Å². The highest BCUT2D eigenvalue weighted by Gasteiger charge is 2.13. The number of hydrogen-bond acceptors (Lipinski definition) is 8. The number of anilines is 3. The van der Waals surface area contributed by atoms with Crippen molar-refractivity contribution in [3.63, 3.8) is 0 Å². The second kappa shape index (κ2) is 8.49. The van der Waals surface area contributed by atoms with E-state index in [1.807, 2.05) is 4.90 Å². The Morgan fingerprint density at radius 3 is 2.30 bits per heavy atom. The molecule has 1 atom stereocenters. The second-order valence-corrected chi connectivity index (χ2v) is 4.30. The average Bonchev–Trinajstić information content (AvgIpc) is 2.47. The summed E-state index contributed by atoms with van der Waals surface area (Å²) in [5.41, 5.74) is 2.47. The van der Waals surface area contributed by atoms with Gasteiger partial charge in [0.05, 0.1) is 12.6 Å². The Hall–Kier alpha value is -1.67. The number of methoxy groups -OCH3 is 1. The van der Waals surface area contributed by atoms with Gasteiger partial charge in [-0.25, -0.2) is 5.84 Å². The summed E-state index contributed by atoms with van der Waals surface area (Å²) in [5.74, 6) is 6.87. The summed E-state index contributed by atoms with van der Waals surface area (Å²) in [5, 5.41) is 3.24. The fraction of sp³-hybridized carbons (Fsp3) is 0.750. The van der Waals surface area contributed by atoms with Crippen LogP contribution in [0.4, 0.5) is 17.8 Å². The van der Waals surface area contributed by atoms with E-state index in [0.717, 1.165) is 19.5 Å². The smallest absolute Gasteiger partial charge is 0.243 e. The van der Waals surface area contributed by atoms with Gasteiger partial charge in [-0.05, 0) is 20.3 Å². The number of nitrogen functional groups attached to an aromatic ring is 1. The summed E-state index contributed by atoms with van der Waals surface area (Å²) >= 11 is 0. The van der Waals surface area contributed by atoms with Gasteiger partial charge in [-0.3, -0.25) is 5.43 Å². The van der Waals surface area contributed by atoms with Gasteiger partial charge in [0.1, 0.15) is 0 Å². The number of rotatable bonds is 9. The van der Waals surface area contributed by atoms with Crippen molar-refractivity contribution in [3.05, 3.63) is 0 Å². The maximum Gasteiger partial charge on any atom is 0.243 e. The minimum Gasteiger partial charge on any atom is -0.383 e. The molecule has 114 valence electrons. The molecular weight excluding hydrogens is 258 g/mol. The first-order chi connectivity index (χ1) is 9.68. The molecule has 0 fully saturated rings. The van der Waals surface area contributed by atoms with Gasteiger partial charge in [0.25, 0.3) is 0 Å². The third kappa shape index (κ3) is 4.46. The van der Waals surface area contributed by atoms with Gasteiger partial charge in [0, 0.05) is 20.2 Å².